The van der Waals surface area contributed by atoms with Crippen LogP contribution in [0, 0.1) is 12.8 Å². The Morgan fingerprint density at radius 3 is 2.38 bits per heavy atom. The monoisotopic (exact) mass is 539 g/mol. The molecule has 1 aliphatic carbocycles. The van der Waals surface area contributed by atoms with E-state index in [0.717, 1.165) is 16.8 Å². The summed E-state index contributed by atoms with van der Waals surface area (Å²) in [5, 5.41) is 6.27. The van der Waals surface area contributed by atoms with Crippen molar-refractivity contribution in [1.29, 1.82) is 0 Å². The van der Waals surface area contributed by atoms with Crippen molar-refractivity contribution in [1.82, 2.24) is 10.3 Å². The van der Waals surface area contributed by atoms with Gasteiger partial charge in [-0.05, 0) is 42.5 Å². The molecule has 2 aromatic carbocycles. The van der Waals surface area contributed by atoms with Crippen molar-refractivity contribution in [3.8, 4) is 17.2 Å². The molecule has 0 saturated carbocycles. The number of aryl methyl sites for hydroxylation is 1. The molecule has 0 bridgehead atoms. The van der Waals surface area contributed by atoms with Crippen LogP contribution in [0.4, 0.5) is 5.82 Å². The van der Waals surface area contributed by atoms with E-state index in [-0.39, 0.29) is 17.6 Å². The number of pyridine rings is 1. The van der Waals surface area contributed by atoms with Crippen molar-refractivity contribution in [3.05, 3.63) is 101 Å². The highest BCUT2D eigenvalue weighted by Crippen LogP contribution is 2.52. The van der Waals surface area contributed by atoms with Gasteiger partial charge in [-0.1, -0.05) is 49.0 Å². The average molecular weight is 540 g/mol. The third-order valence-corrected chi connectivity index (χ3v) is 7.62. The molecule has 3 atom stereocenters. The molecule has 40 heavy (non-hydrogen) atoms. The van der Waals surface area contributed by atoms with Crippen molar-refractivity contribution >= 4 is 17.5 Å². The first-order valence-electron chi connectivity index (χ1n) is 13.2. The molecule has 2 aliphatic rings. The van der Waals surface area contributed by atoms with E-state index >= 15 is 0 Å². The number of benzene rings is 2. The maximum absolute atomic E-state index is 14.0. The number of nitrogens with one attached hydrogen (secondary N) is 2. The predicted octanol–water partition coefficient (Wildman–Crippen LogP) is 5.27. The highest BCUT2D eigenvalue weighted by Gasteiger charge is 2.46. The summed E-state index contributed by atoms with van der Waals surface area (Å²) in [5.41, 5.74) is 4.53. The van der Waals surface area contributed by atoms with Crippen LogP contribution in [0.25, 0.3) is 0 Å². The molecule has 0 radical (unpaired) electrons. The number of aromatic nitrogens is 1. The molecule has 2 heterocycles. The summed E-state index contributed by atoms with van der Waals surface area (Å²) < 4.78 is 17.0. The van der Waals surface area contributed by atoms with Gasteiger partial charge in [0.2, 0.25) is 11.7 Å². The second-order valence-electron chi connectivity index (χ2n) is 10.1. The van der Waals surface area contributed by atoms with Gasteiger partial charge in [0.05, 0.1) is 27.2 Å². The van der Waals surface area contributed by atoms with Crippen molar-refractivity contribution in [2.24, 2.45) is 5.92 Å². The van der Waals surface area contributed by atoms with Gasteiger partial charge in [0.25, 0.3) is 0 Å². The van der Waals surface area contributed by atoms with Gasteiger partial charge < -0.3 is 24.8 Å². The molecule has 206 valence electrons. The highest BCUT2D eigenvalue weighted by molar-refractivity contribution is 6.03. The Morgan fingerprint density at radius 2 is 1.73 bits per heavy atom. The van der Waals surface area contributed by atoms with Crippen LogP contribution in [0.15, 0.2) is 84.3 Å². The van der Waals surface area contributed by atoms with E-state index in [9.17, 15) is 9.59 Å². The first-order chi connectivity index (χ1) is 19.4. The molecular weight excluding hydrogens is 506 g/mol. The van der Waals surface area contributed by atoms with Crippen LogP contribution in [0.2, 0.25) is 0 Å². The molecule has 0 fully saturated rings. The number of ether oxygens (including phenoxy) is 3. The van der Waals surface area contributed by atoms with Crippen LogP contribution in [0.3, 0.4) is 0 Å². The Labute approximate surface area is 234 Å². The van der Waals surface area contributed by atoms with Crippen LogP contribution in [-0.4, -0.2) is 38.0 Å². The number of anilines is 1. The standard InChI is InChI=1S/C32H33N3O5/c1-18-11-14-26(33-17-18)35-32(37)27-19(2)34-23-15-21(20-9-7-6-8-10-20)16-24(36)29(23)28(27)22-12-13-25(38-3)31(40-5)30(22)39-4/h6-14,17,21,27-28,34H,2,15-16H2,1,3-5H3,(H,33,35,37). The fraction of sp³-hybridized carbons (Fsp3) is 0.281. The molecule has 2 N–H and O–H groups in total. The number of amides is 1. The number of hydrogen-bond donors (Lipinski definition) is 2. The maximum atomic E-state index is 14.0. The van der Waals surface area contributed by atoms with Gasteiger partial charge in [-0.25, -0.2) is 4.98 Å². The SMILES string of the molecule is C=C1NC2=C(C(=O)CC(c3ccccc3)C2)C(c2ccc(OC)c(OC)c2OC)C1C(=O)Nc1ccc(C)cn1. The normalized spacial score (nSPS) is 20.4. The topological polar surface area (TPSA) is 98.8 Å². The maximum Gasteiger partial charge on any atom is 0.235 e. The molecule has 8 nitrogen and oxygen atoms in total. The second kappa shape index (κ2) is 11.3. The summed E-state index contributed by atoms with van der Waals surface area (Å²) in [6.07, 6.45) is 2.63. The molecule has 1 amide bonds. The van der Waals surface area contributed by atoms with E-state index in [1.165, 1.54) is 14.2 Å². The first kappa shape index (κ1) is 27.0. The van der Waals surface area contributed by atoms with E-state index in [2.05, 4.69) is 22.2 Å². The number of Topliss-reactive ketones (excluding diaryl/α,β-unsaturated/α-hetero) is 1. The van der Waals surface area contributed by atoms with Crippen LogP contribution < -0.4 is 24.8 Å². The van der Waals surface area contributed by atoms with Gasteiger partial charge in [0, 0.05) is 41.1 Å². The lowest BCUT2D eigenvalue weighted by Gasteiger charge is -2.40. The third kappa shape index (κ3) is 4.93. The van der Waals surface area contributed by atoms with E-state index < -0.39 is 11.8 Å². The minimum atomic E-state index is -0.828. The number of rotatable bonds is 7. The molecule has 3 unspecified atom stereocenters. The zero-order valence-corrected chi connectivity index (χ0v) is 23.1. The quantitative estimate of drug-likeness (QED) is 0.422. The Kier molecular flexibility index (Phi) is 7.60. The lowest BCUT2D eigenvalue weighted by molar-refractivity contribution is -0.120. The summed E-state index contributed by atoms with van der Waals surface area (Å²) >= 11 is 0. The van der Waals surface area contributed by atoms with E-state index in [4.69, 9.17) is 14.2 Å². The van der Waals surface area contributed by atoms with Crippen LogP contribution in [0.5, 0.6) is 17.2 Å². The summed E-state index contributed by atoms with van der Waals surface area (Å²) in [4.78, 5) is 32.2. The molecule has 8 heteroatoms. The number of methoxy groups -OCH3 is 3. The molecule has 5 rings (SSSR count). The molecular formula is C32H33N3O5. The zero-order valence-electron chi connectivity index (χ0n) is 23.1. The number of hydrogen-bond acceptors (Lipinski definition) is 7. The minimum Gasteiger partial charge on any atom is -0.493 e. The number of carbonyl (C=O) groups is 2. The first-order valence-corrected chi connectivity index (χ1v) is 13.2. The van der Waals surface area contributed by atoms with Gasteiger partial charge in [-0.2, -0.15) is 0 Å². The fourth-order valence-electron chi connectivity index (χ4n) is 5.77. The van der Waals surface area contributed by atoms with E-state index in [0.29, 0.717) is 52.7 Å². The Bertz CT molecular complexity index is 1480. The minimum absolute atomic E-state index is 0.0165. The summed E-state index contributed by atoms with van der Waals surface area (Å²) in [6, 6.07) is 17.2. The second-order valence-corrected chi connectivity index (χ2v) is 10.1. The molecule has 1 aromatic heterocycles. The largest absolute Gasteiger partial charge is 0.493 e. The van der Waals surface area contributed by atoms with E-state index in [1.807, 2.05) is 49.4 Å². The zero-order chi connectivity index (χ0) is 28.4. The van der Waals surface area contributed by atoms with Gasteiger partial charge >= 0.3 is 0 Å². The lowest BCUT2D eigenvalue weighted by Crippen LogP contribution is -2.43. The van der Waals surface area contributed by atoms with Gasteiger partial charge in [-0.15, -0.1) is 0 Å². The third-order valence-electron chi connectivity index (χ3n) is 7.62. The van der Waals surface area contributed by atoms with Crippen LogP contribution in [-0.2, 0) is 9.59 Å². The van der Waals surface area contributed by atoms with Crippen molar-refractivity contribution in [2.75, 3.05) is 26.6 Å². The number of allylic oxidation sites excluding steroid dienone is 2. The number of ketones is 1. The lowest BCUT2D eigenvalue weighted by atomic mass is 9.68. The predicted molar refractivity (Wildman–Crippen MR) is 153 cm³/mol. The highest BCUT2D eigenvalue weighted by atomic mass is 16.5. The molecule has 0 spiro atoms. The van der Waals surface area contributed by atoms with Crippen molar-refractivity contribution in [3.63, 3.8) is 0 Å². The van der Waals surface area contributed by atoms with Gasteiger partial charge in [0.15, 0.2) is 17.3 Å². The van der Waals surface area contributed by atoms with E-state index in [1.54, 1.807) is 25.4 Å². The number of carbonyl (C=O) groups excluding carboxylic acids is 2. The average Bonchev–Trinajstić information content (AvgIpc) is 2.96. The molecule has 3 aromatic rings. The Morgan fingerprint density at radius 1 is 0.975 bits per heavy atom. The van der Waals surface area contributed by atoms with Crippen molar-refractivity contribution in [2.45, 2.75) is 31.6 Å². The molecule has 0 saturated heterocycles. The number of nitrogens with zero attached hydrogens (tertiary/aromatic N) is 1. The van der Waals surface area contributed by atoms with Crippen LogP contribution in [0.1, 0.15) is 41.4 Å². The van der Waals surface area contributed by atoms with Gasteiger partial charge in [0.1, 0.15) is 5.82 Å². The Balaban J connectivity index is 1.64. The van der Waals surface area contributed by atoms with Crippen LogP contribution >= 0.6 is 0 Å². The fourth-order valence-corrected chi connectivity index (χ4v) is 5.77. The molecule has 1 aliphatic heterocycles. The summed E-state index contributed by atoms with van der Waals surface area (Å²) in [7, 11) is 4.61. The summed E-state index contributed by atoms with van der Waals surface area (Å²) in [6.45, 7) is 6.19. The van der Waals surface area contributed by atoms with Gasteiger partial charge in [-0.3, -0.25) is 9.59 Å². The smallest absolute Gasteiger partial charge is 0.235 e. The Hall–Kier alpha value is -4.59. The van der Waals surface area contributed by atoms with Crippen molar-refractivity contribution < 1.29 is 23.8 Å². The summed E-state index contributed by atoms with van der Waals surface area (Å²) in [5.74, 6) is -0.156.